The van der Waals surface area contributed by atoms with Crippen LogP contribution in [0, 0.1) is 17.8 Å². The Labute approximate surface area is 157 Å². The lowest BCUT2D eigenvalue weighted by Gasteiger charge is -2.41. The average Bonchev–Trinajstić information content (AvgIpc) is 2.98. The number of aliphatic carboxylic acids is 1. The minimum atomic E-state index is -1.03. The van der Waals surface area contributed by atoms with Crippen LogP contribution in [-0.4, -0.2) is 28.1 Å². The first-order valence-electron chi connectivity index (χ1n) is 9.19. The normalized spacial score (nSPS) is 25.1. The van der Waals surface area contributed by atoms with E-state index in [9.17, 15) is 19.8 Å². The third-order valence-corrected chi connectivity index (χ3v) is 5.80. The molecule has 4 atom stereocenters. The summed E-state index contributed by atoms with van der Waals surface area (Å²) in [5, 5.41) is 19.5. The number of nitrogens with zero attached hydrogens (tertiary/aromatic N) is 1. The Morgan fingerprint density at radius 2 is 1.85 bits per heavy atom. The number of carbonyl (C=O) groups excluding carboxylic acids is 1. The summed E-state index contributed by atoms with van der Waals surface area (Å²) in [5.74, 6) is -2.29. The van der Waals surface area contributed by atoms with Crippen LogP contribution in [0.4, 0.5) is 0 Å². The second kappa shape index (κ2) is 6.74. The average molecular weight is 364 g/mol. The molecule has 1 saturated carbocycles. The van der Waals surface area contributed by atoms with Gasteiger partial charge < -0.3 is 10.2 Å². The van der Waals surface area contributed by atoms with Gasteiger partial charge in [-0.1, -0.05) is 30.3 Å². The Kier molecular flexibility index (Phi) is 4.40. The molecule has 1 aromatic heterocycles. The number of benzene rings is 1. The van der Waals surface area contributed by atoms with E-state index in [2.05, 4.69) is 4.57 Å². The van der Waals surface area contributed by atoms with Gasteiger partial charge in [-0.2, -0.15) is 0 Å². The summed E-state index contributed by atoms with van der Waals surface area (Å²) in [4.78, 5) is 24.2. The van der Waals surface area contributed by atoms with Crippen molar-refractivity contribution in [3.05, 3.63) is 71.6 Å². The van der Waals surface area contributed by atoms with E-state index in [0.29, 0.717) is 6.42 Å². The Balaban J connectivity index is 1.61. The zero-order valence-corrected chi connectivity index (χ0v) is 15.1. The monoisotopic (exact) mass is 364 g/mol. The zero-order valence-electron chi connectivity index (χ0n) is 15.1. The van der Waals surface area contributed by atoms with E-state index in [1.165, 1.54) is 0 Å². The molecule has 0 radical (unpaired) electrons. The van der Waals surface area contributed by atoms with Gasteiger partial charge in [0.25, 0.3) is 0 Å². The lowest BCUT2D eigenvalue weighted by Crippen LogP contribution is -2.51. The Hall–Kier alpha value is -2.79. The van der Waals surface area contributed by atoms with Gasteiger partial charge in [-0.15, -0.1) is 0 Å². The van der Waals surface area contributed by atoms with Gasteiger partial charge in [0.05, 0.1) is 17.6 Å². The van der Waals surface area contributed by atoms with Crippen molar-refractivity contribution in [3.63, 3.8) is 0 Å². The molecule has 2 aliphatic rings. The molecule has 27 heavy (non-hydrogen) atoms. The molecular weight excluding hydrogens is 342 g/mol. The van der Waals surface area contributed by atoms with Crippen LogP contribution in [0.25, 0.3) is 5.57 Å². The smallest absolute Gasteiger partial charge is 0.332 e. The summed E-state index contributed by atoms with van der Waals surface area (Å²) in [5.41, 5.74) is 2.91. The highest BCUT2D eigenvalue weighted by Gasteiger charge is 2.58. The van der Waals surface area contributed by atoms with Gasteiger partial charge >= 0.3 is 5.97 Å². The predicted octanol–water partition coefficient (Wildman–Crippen LogP) is 2.08. The van der Waals surface area contributed by atoms with Crippen LogP contribution in [0.15, 0.2) is 60.4 Å². The molecule has 0 amide bonds. The van der Waals surface area contributed by atoms with Crippen LogP contribution in [0.2, 0.25) is 0 Å². The molecule has 4 rings (SSSR count). The minimum Gasteiger partial charge on any atom is -0.478 e. The van der Waals surface area contributed by atoms with Crippen LogP contribution >= 0.6 is 0 Å². The number of pyridine rings is 1. The number of carboxylic acids is 1. The highest BCUT2D eigenvalue weighted by molar-refractivity contribution is 6.09. The van der Waals surface area contributed by atoms with Crippen molar-refractivity contribution in [2.24, 2.45) is 17.8 Å². The van der Waals surface area contributed by atoms with Crippen LogP contribution in [0.5, 0.6) is 0 Å². The summed E-state index contributed by atoms with van der Waals surface area (Å²) >= 11 is 0. The summed E-state index contributed by atoms with van der Waals surface area (Å²) < 4.78 is 2.07. The van der Waals surface area contributed by atoms with E-state index in [-0.39, 0.29) is 17.3 Å². The maximum absolute atomic E-state index is 12.4. The predicted molar refractivity (Wildman–Crippen MR) is 98.5 cm³/mol. The molecule has 1 unspecified atom stereocenters. The van der Waals surface area contributed by atoms with Gasteiger partial charge in [0.15, 0.2) is 18.9 Å². The first kappa shape index (κ1) is 17.6. The van der Waals surface area contributed by atoms with E-state index in [1.54, 1.807) is 6.92 Å². The summed E-state index contributed by atoms with van der Waals surface area (Å²) in [6, 6.07) is 13.8. The van der Waals surface area contributed by atoms with Gasteiger partial charge in [0.1, 0.15) is 5.78 Å². The number of aromatic nitrogens is 1. The van der Waals surface area contributed by atoms with Crippen LogP contribution in [0.1, 0.15) is 24.5 Å². The quantitative estimate of drug-likeness (QED) is 0.796. The van der Waals surface area contributed by atoms with Crippen molar-refractivity contribution in [2.75, 3.05) is 0 Å². The molecule has 138 valence electrons. The summed E-state index contributed by atoms with van der Waals surface area (Å²) in [6.45, 7) is 2.34. The van der Waals surface area contributed by atoms with Crippen molar-refractivity contribution < 1.29 is 24.4 Å². The van der Waals surface area contributed by atoms with Gasteiger partial charge in [-0.25, -0.2) is 9.36 Å². The molecule has 0 saturated heterocycles. The van der Waals surface area contributed by atoms with Crippen LogP contribution in [-0.2, 0) is 16.1 Å². The number of hydrogen-bond donors (Lipinski definition) is 2. The van der Waals surface area contributed by atoms with E-state index < -0.39 is 23.9 Å². The van der Waals surface area contributed by atoms with E-state index in [4.69, 9.17) is 0 Å². The topological polar surface area (TPSA) is 78.5 Å². The molecule has 1 heterocycles. The summed E-state index contributed by atoms with van der Waals surface area (Å²) in [6.07, 6.45) is 3.78. The number of aliphatic hydroxyl groups is 1. The highest BCUT2D eigenvalue weighted by atomic mass is 16.4. The largest absolute Gasteiger partial charge is 0.478 e. The van der Waals surface area contributed by atoms with E-state index in [1.807, 2.05) is 54.9 Å². The third-order valence-electron chi connectivity index (χ3n) is 5.80. The van der Waals surface area contributed by atoms with E-state index in [0.717, 1.165) is 23.2 Å². The van der Waals surface area contributed by atoms with Crippen molar-refractivity contribution in [3.8, 4) is 0 Å². The molecule has 2 N–H and O–H groups in total. The maximum atomic E-state index is 12.4. The Morgan fingerprint density at radius 3 is 2.44 bits per heavy atom. The van der Waals surface area contributed by atoms with Crippen molar-refractivity contribution in [1.82, 2.24) is 0 Å². The number of carbonyl (C=O) groups is 2. The molecule has 2 aromatic rings. The second-order valence-electron chi connectivity index (χ2n) is 7.46. The van der Waals surface area contributed by atoms with Gasteiger partial charge in [-0.3, -0.25) is 4.79 Å². The van der Waals surface area contributed by atoms with Crippen molar-refractivity contribution >= 4 is 17.3 Å². The first-order valence-corrected chi connectivity index (χ1v) is 9.19. The van der Waals surface area contributed by atoms with Crippen molar-refractivity contribution in [2.45, 2.75) is 26.0 Å². The van der Waals surface area contributed by atoms with Gasteiger partial charge in [0.2, 0.25) is 0 Å². The SMILES string of the molecule is C[C@H](O)[C@H]1C(=O)C2C(C(=O)O)=C(c3ccc(C[n+]4ccccc4)cc3)C[C@@H]21. The number of rotatable bonds is 5. The number of carboxylic acid groups (broad SMARTS) is 1. The number of ketones is 1. The van der Waals surface area contributed by atoms with Crippen molar-refractivity contribution in [1.29, 1.82) is 0 Å². The number of allylic oxidation sites excluding steroid dienone is 1. The van der Waals surface area contributed by atoms with E-state index >= 15 is 0 Å². The third kappa shape index (κ3) is 2.98. The fraction of sp³-hybridized carbons (Fsp3) is 0.318. The lowest BCUT2D eigenvalue weighted by molar-refractivity contribution is -0.688. The fourth-order valence-corrected chi connectivity index (χ4v) is 4.55. The fourth-order valence-electron chi connectivity index (χ4n) is 4.55. The molecule has 1 fully saturated rings. The van der Waals surface area contributed by atoms with Gasteiger partial charge in [0, 0.05) is 23.6 Å². The lowest BCUT2D eigenvalue weighted by atomic mass is 9.61. The molecule has 1 aromatic carbocycles. The molecule has 2 aliphatic carbocycles. The number of Topliss-reactive ketones (excluding diaryl/α,β-unsaturated/α-hetero) is 1. The van der Waals surface area contributed by atoms with Crippen LogP contribution in [0.3, 0.4) is 0 Å². The molecular formula is C22H22NO4+. The Bertz CT molecular complexity index is 915. The molecule has 0 spiro atoms. The second-order valence-corrected chi connectivity index (χ2v) is 7.46. The number of hydrogen-bond acceptors (Lipinski definition) is 3. The maximum Gasteiger partial charge on any atom is 0.332 e. The molecule has 5 heteroatoms. The summed E-state index contributed by atoms with van der Waals surface area (Å²) in [7, 11) is 0. The minimum absolute atomic E-state index is 0.0989. The van der Waals surface area contributed by atoms with Gasteiger partial charge in [-0.05, 0) is 30.4 Å². The molecule has 0 aliphatic heterocycles. The first-order chi connectivity index (χ1) is 13.0. The zero-order chi connectivity index (χ0) is 19.1. The number of aliphatic hydroxyl groups excluding tert-OH is 1. The van der Waals surface area contributed by atoms with Crippen LogP contribution < -0.4 is 4.57 Å². The Morgan fingerprint density at radius 1 is 1.19 bits per heavy atom. The molecule has 0 bridgehead atoms. The molecule has 5 nitrogen and oxygen atoms in total. The standard InChI is InChI=1S/C22H21NO4/c1-13(24)18-17-11-16(20(22(26)27)19(17)21(18)25)15-7-5-14(6-8-15)12-23-9-3-2-4-10-23/h2-10,13,17-19,24H,11-12H2,1H3/p+1/t13-,17+,18+,19?/m0/s1. The highest BCUT2D eigenvalue weighted by Crippen LogP contribution is 2.55. The number of fused-ring (bicyclic) bond motifs is 1.